The highest BCUT2D eigenvalue weighted by atomic mass is 16.6. The minimum absolute atomic E-state index is 0.128. The van der Waals surface area contributed by atoms with Gasteiger partial charge in [0.15, 0.2) is 0 Å². The maximum absolute atomic E-state index is 12.0. The Morgan fingerprint density at radius 3 is 2.24 bits per heavy atom. The molecule has 0 heterocycles. The van der Waals surface area contributed by atoms with Gasteiger partial charge in [-0.2, -0.15) is 0 Å². The van der Waals surface area contributed by atoms with Gasteiger partial charge in [0.25, 0.3) is 0 Å². The summed E-state index contributed by atoms with van der Waals surface area (Å²) in [5.41, 5.74) is -0.785. The molecule has 0 saturated heterocycles. The number of ether oxygens (including phenoxy) is 2. The van der Waals surface area contributed by atoms with Crippen LogP contribution in [-0.4, -0.2) is 53.8 Å². The minimum Gasteiger partial charge on any atom is -0.480 e. The topological polar surface area (TPSA) is 131 Å². The van der Waals surface area contributed by atoms with Gasteiger partial charge in [-0.25, -0.2) is 9.59 Å². The Balaban J connectivity index is 2.87. The molecular weight excluding hydrogens is 332 g/mol. The van der Waals surface area contributed by atoms with Crippen molar-refractivity contribution in [1.29, 1.82) is 0 Å². The number of carbonyl (C=O) groups is 4. The predicted octanol–water partition coefficient (Wildman–Crippen LogP) is 0.526. The van der Waals surface area contributed by atoms with E-state index in [1.807, 2.05) is 0 Å². The molecule has 0 bridgehead atoms. The Kier molecular flexibility index (Phi) is 6.78. The van der Waals surface area contributed by atoms with E-state index in [0.717, 1.165) is 0 Å². The predicted molar refractivity (Wildman–Crippen MR) is 86.6 cm³/mol. The van der Waals surface area contributed by atoms with E-state index in [9.17, 15) is 24.3 Å². The largest absolute Gasteiger partial charge is 0.480 e. The first-order valence-electron chi connectivity index (χ1n) is 8.11. The van der Waals surface area contributed by atoms with Gasteiger partial charge in [0, 0.05) is 19.4 Å². The van der Waals surface area contributed by atoms with Gasteiger partial charge in [0.05, 0.1) is 12.5 Å². The third kappa shape index (κ3) is 6.24. The Bertz CT molecular complexity index is 541. The summed E-state index contributed by atoms with van der Waals surface area (Å²) >= 11 is 0. The number of hydrogen-bond acceptors (Lipinski definition) is 6. The first-order chi connectivity index (χ1) is 11.5. The van der Waals surface area contributed by atoms with Crippen molar-refractivity contribution in [3.8, 4) is 0 Å². The molecule has 3 N–H and O–H groups in total. The number of aliphatic carboxylic acids is 1. The summed E-state index contributed by atoms with van der Waals surface area (Å²) in [4.78, 5) is 46.6. The van der Waals surface area contributed by atoms with E-state index in [2.05, 4.69) is 10.6 Å². The Morgan fingerprint density at radius 2 is 1.80 bits per heavy atom. The maximum atomic E-state index is 12.0. The normalized spacial score (nSPS) is 23.2. The smallest absolute Gasteiger partial charge is 0.408 e. The average molecular weight is 358 g/mol. The molecule has 4 atom stereocenters. The fourth-order valence-corrected chi connectivity index (χ4v) is 2.71. The molecule has 1 aliphatic rings. The summed E-state index contributed by atoms with van der Waals surface area (Å²) in [6.45, 7) is 8.22. The van der Waals surface area contributed by atoms with Gasteiger partial charge in [-0.1, -0.05) is 0 Å². The number of carbonyl (C=O) groups excluding carboxylic acids is 3. The Morgan fingerprint density at radius 1 is 1.20 bits per heavy atom. The van der Waals surface area contributed by atoms with Crippen LogP contribution in [0.1, 0.15) is 34.6 Å². The minimum atomic E-state index is -1.32. The van der Waals surface area contributed by atoms with Gasteiger partial charge in [-0.15, -0.1) is 0 Å². The van der Waals surface area contributed by atoms with Crippen molar-refractivity contribution in [1.82, 2.24) is 10.6 Å². The molecule has 25 heavy (non-hydrogen) atoms. The number of rotatable bonds is 7. The van der Waals surface area contributed by atoms with E-state index in [-0.39, 0.29) is 19.1 Å². The van der Waals surface area contributed by atoms with Gasteiger partial charge >= 0.3 is 18.0 Å². The second-order valence-corrected chi connectivity index (χ2v) is 6.92. The number of esters is 1. The lowest BCUT2D eigenvalue weighted by Gasteiger charge is -2.22. The van der Waals surface area contributed by atoms with Crippen LogP contribution in [0.5, 0.6) is 0 Å². The summed E-state index contributed by atoms with van der Waals surface area (Å²) in [5.74, 6) is -3.94. The van der Waals surface area contributed by atoms with Crippen molar-refractivity contribution in [2.45, 2.75) is 46.3 Å². The molecule has 0 spiro atoms. The summed E-state index contributed by atoms with van der Waals surface area (Å²) in [5, 5.41) is 14.3. The highest BCUT2D eigenvalue weighted by Gasteiger charge is 2.61. The van der Waals surface area contributed by atoms with E-state index < -0.39 is 47.4 Å². The SMILES string of the molecule is CCOC(=O)C1C(CNC(C)=O)C1[C@H](NC(=O)OC(C)(C)C)C(=O)O. The summed E-state index contributed by atoms with van der Waals surface area (Å²) in [7, 11) is 0. The monoisotopic (exact) mass is 358 g/mol. The van der Waals surface area contributed by atoms with Crippen LogP contribution in [0.2, 0.25) is 0 Å². The van der Waals surface area contributed by atoms with Crippen molar-refractivity contribution < 1.29 is 33.8 Å². The van der Waals surface area contributed by atoms with Crippen LogP contribution in [0.3, 0.4) is 0 Å². The third-order valence-corrected chi connectivity index (χ3v) is 3.70. The van der Waals surface area contributed by atoms with E-state index in [1.54, 1.807) is 27.7 Å². The fourth-order valence-electron chi connectivity index (χ4n) is 2.71. The molecule has 1 aliphatic carbocycles. The lowest BCUT2D eigenvalue weighted by molar-refractivity contribution is -0.146. The molecule has 0 aromatic rings. The van der Waals surface area contributed by atoms with Crippen molar-refractivity contribution in [3.63, 3.8) is 0 Å². The molecule has 0 aliphatic heterocycles. The van der Waals surface area contributed by atoms with Crippen LogP contribution in [0.4, 0.5) is 4.79 Å². The van der Waals surface area contributed by atoms with Gasteiger partial charge in [0.1, 0.15) is 11.6 Å². The van der Waals surface area contributed by atoms with Crippen LogP contribution < -0.4 is 10.6 Å². The number of amides is 2. The molecule has 3 unspecified atom stereocenters. The molecule has 1 saturated carbocycles. The molecule has 1 fully saturated rings. The highest BCUT2D eigenvalue weighted by Crippen LogP contribution is 2.49. The molecule has 2 amide bonds. The third-order valence-electron chi connectivity index (χ3n) is 3.70. The lowest BCUT2D eigenvalue weighted by Crippen LogP contribution is -2.46. The van der Waals surface area contributed by atoms with Gasteiger partial charge in [-0.3, -0.25) is 9.59 Å². The Labute approximate surface area is 146 Å². The van der Waals surface area contributed by atoms with Crippen LogP contribution in [-0.2, 0) is 23.9 Å². The zero-order valence-corrected chi connectivity index (χ0v) is 15.1. The van der Waals surface area contributed by atoms with E-state index >= 15 is 0 Å². The summed E-state index contributed by atoms with van der Waals surface area (Å²) in [6.07, 6.45) is -0.882. The van der Waals surface area contributed by atoms with Crippen molar-refractivity contribution in [3.05, 3.63) is 0 Å². The van der Waals surface area contributed by atoms with Crippen LogP contribution in [0.25, 0.3) is 0 Å². The molecule has 0 aromatic carbocycles. The van der Waals surface area contributed by atoms with Gasteiger partial charge in [0.2, 0.25) is 5.91 Å². The van der Waals surface area contributed by atoms with Crippen LogP contribution >= 0.6 is 0 Å². The molecule has 1 rings (SSSR count). The van der Waals surface area contributed by atoms with Gasteiger partial charge < -0.3 is 25.2 Å². The first-order valence-corrected chi connectivity index (χ1v) is 8.11. The van der Waals surface area contributed by atoms with Crippen molar-refractivity contribution >= 4 is 23.9 Å². The number of carboxylic acid groups (broad SMARTS) is 1. The molecule has 142 valence electrons. The maximum Gasteiger partial charge on any atom is 0.408 e. The molecule has 9 nitrogen and oxygen atoms in total. The quantitative estimate of drug-likeness (QED) is 0.566. The molecule has 9 heteroatoms. The average Bonchev–Trinajstić information content (AvgIpc) is 3.14. The summed E-state index contributed by atoms with van der Waals surface area (Å²) in [6, 6.07) is -1.32. The second-order valence-electron chi connectivity index (χ2n) is 6.92. The number of nitrogens with one attached hydrogen (secondary N) is 2. The van der Waals surface area contributed by atoms with Crippen molar-refractivity contribution in [2.24, 2.45) is 17.8 Å². The molecule has 0 radical (unpaired) electrons. The molecule has 0 aromatic heterocycles. The molecular formula is C16H26N2O7. The summed E-state index contributed by atoms with van der Waals surface area (Å²) < 4.78 is 10.0. The van der Waals surface area contributed by atoms with Gasteiger partial charge in [-0.05, 0) is 33.6 Å². The zero-order valence-electron chi connectivity index (χ0n) is 15.1. The lowest BCUT2D eigenvalue weighted by atomic mass is 10.1. The highest BCUT2D eigenvalue weighted by molar-refractivity contribution is 5.84. The standard InChI is InChI=1S/C16H26N2O7/c1-6-24-14(22)11-9(7-17-8(2)19)10(11)12(13(20)21)18-15(23)25-16(3,4)5/h9-12H,6-7H2,1-5H3,(H,17,19)(H,18,23)(H,20,21)/t9?,10?,11?,12-/m0/s1. The first kappa shape index (κ1) is 20.7. The van der Waals surface area contributed by atoms with Crippen LogP contribution in [0.15, 0.2) is 0 Å². The zero-order chi connectivity index (χ0) is 19.4. The van der Waals surface area contributed by atoms with E-state index in [4.69, 9.17) is 9.47 Å². The van der Waals surface area contributed by atoms with E-state index in [0.29, 0.717) is 0 Å². The Hall–Kier alpha value is -2.32. The van der Waals surface area contributed by atoms with Crippen LogP contribution in [0, 0.1) is 17.8 Å². The number of hydrogen-bond donors (Lipinski definition) is 3. The number of carboxylic acids is 1. The van der Waals surface area contributed by atoms with E-state index in [1.165, 1.54) is 6.92 Å². The fraction of sp³-hybridized carbons (Fsp3) is 0.750. The number of alkyl carbamates (subject to hydrolysis) is 1. The van der Waals surface area contributed by atoms with Crippen molar-refractivity contribution in [2.75, 3.05) is 13.2 Å². The second kappa shape index (κ2) is 8.17.